The molecule has 3 aromatic heterocycles. The smallest absolute Gasteiger partial charge is 0.339 e. The highest BCUT2D eigenvalue weighted by Gasteiger charge is 2.24. The number of amides is 1. The number of H-pyrrole nitrogens is 1. The van der Waals surface area contributed by atoms with Gasteiger partial charge in [0, 0.05) is 42.5 Å². The Labute approximate surface area is 183 Å². The number of hydrogen-bond donors (Lipinski definition) is 2. The molecule has 0 aliphatic heterocycles. The van der Waals surface area contributed by atoms with Crippen molar-refractivity contribution >= 4 is 29.1 Å². The lowest BCUT2D eigenvalue weighted by Gasteiger charge is -2.07. The minimum absolute atomic E-state index is 0.113. The minimum Gasteiger partial charge on any atom is -0.465 e. The Morgan fingerprint density at radius 3 is 2.59 bits per heavy atom. The molecule has 0 spiro atoms. The highest BCUT2D eigenvalue weighted by atomic mass is 16.5. The minimum atomic E-state index is -0.597. The molecule has 2 N–H and O–H groups in total. The van der Waals surface area contributed by atoms with Gasteiger partial charge in [-0.25, -0.2) is 14.8 Å². The molecule has 3 heterocycles. The molecule has 4 rings (SSSR count). The molecule has 9 heteroatoms. The summed E-state index contributed by atoms with van der Waals surface area (Å²) in [6.45, 7) is 3.04. The van der Waals surface area contributed by atoms with Crippen LogP contribution in [-0.4, -0.2) is 44.1 Å². The maximum absolute atomic E-state index is 12.6. The van der Waals surface area contributed by atoms with E-state index in [1.165, 1.54) is 14.0 Å². The number of nitrogens with zero attached hydrogens (tertiary/aromatic N) is 3. The van der Waals surface area contributed by atoms with Gasteiger partial charge in [-0.2, -0.15) is 0 Å². The van der Waals surface area contributed by atoms with Gasteiger partial charge < -0.3 is 15.0 Å². The Hall–Kier alpha value is -4.27. The van der Waals surface area contributed by atoms with Crippen LogP contribution in [0.1, 0.15) is 39.0 Å². The van der Waals surface area contributed by atoms with E-state index in [1.807, 2.05) is 35.0 Å². The van der Waals surface area contributed by atoms with Crippen molar-refractivity contribution in [3.05, 3.63) is 71.4 Å². The van der Waals surface area contributed by atoms with Crippen LogP contribution in [0.2, 0.25) is 0 Å². The fraction of sp³-hybridized carbons (Fsp3) is 0.174. The van der Waals surface area contributed by atoms with Gasteiger partial charge in [0.25, 0.3) is 0 Å². The van der Waals surface area contributed by atoms with E-state index in [1.54, 1.807) is 25.3 Å². The first-order valence-corrected chi connectivity index (χ1v) is 9.88. The average molecular weight is 431 g/mol. The third kappa shape index (κ3) is 4.00. The number of nitrogens with one attached hydrogen (secondary N) is 2. The number of fused-ring (bicyclic) bond motifs is 1. The number of rotatable bonds is 6. The SMILES string of the molecule is COC(=O)c1c(CC(=O)Nc2ccc(-c3cn4cccnc4n3)cc2)[nH]c(C(C)=O)c1C. The molecule has 0 aliphatic rings. The summed E-state index contributed by atoms with van der Waals surface area (Å²) in [6.07, 6.45) is 5.32. The number of ketones is 1. The maximum Gasteiger partial charge on any atom is 0.339 e. The van der Waals surface area contributed by atoms with Gasteiger partial charge in [-0.1, -0.05) is 12.1 Å². The molecule has 32 heavy (non-hydrogen) atoms. The zero-order chi connectivity index (χ0) is 22.8. The molecule has 1 amide bonds. The van der Waals surface area contributed by atoms with Gasteiger partial charge in [-0.3, -0.25) is 14.0 Å². The summed E-state index contributed by atoms with van der Waals surface area (Å²) in [5.74, 6) is -0.555. The van der Waals surface area contributed by atoms with Gasteiger partial charge in [-0.05, 0) is 30.7 Å². The number of hydrogen-bond acceptors (Lipinski definition) is 6. The summed E-state index contributed by atoms with van der Waals surface area (Å²) in [6, 6.07) is 9.07. The zero-order valence-corrected chi connectivity index (χ0v) is 17.8. The van der Waals surface area contributed by atoms with E-state index in [2.05, 4.69) is 20.3 Å². The summed E-state index contributed by atoms with van der Waals surface area (Å²) < 4.78 is 6.64. The normalized spacial score (nSPS) is 10.8. The van der Waals surface area contributed by atoms with Crippen LogP contribution in [0, 0.1) is 6.92 Å². The number of Topliss-reactive ketones (excluding diaryl/α,β-unsaturated/α-hetero) is 1. The standard InChI is InChI=1S/C23H21N5O4/c1-13-20(22(31)32-3)17(26-21(13)14(2)29)11-19(30)25-16-7-5-15(6-8-16)18-12-28-10-4-9-24-23(28)27-18/h4-10,12,26H,11H2,1-3H3,(H,25,30). The van der Waals surface area contributed by atoms with Gasteiger partial charge in [0.1, 0.15) is 0 Å². The first-order valence-electron chi connectivity index (χ1n) is 9.88. The van der Waals surface area contributed by atoms with E-state index in [0.717, 1.165) is 11.3 Å². The summed E-state index contributed by atoms with van der Waals surface area (Å²) in [4.78, 5) is 48.2. The van der Waals surface area contributed by atoms with E-state index in [-0.39, 0.29) is 23.7 Å². The molecular formula is C23H21N5O4. The predicted molar refractivity (Wildman–Crippen MR) is 118 cm³/mol. The van der Waals surface area contributed by atoms with Crippen LogP contribution < -0.4 is 5.32 Å². The first-order chi connectivity index (χ1) is 15.4. The number of imidazole rings is 1. The van der Waals surface area contributed by atoms with Gasteiger partial charge in [-0.15, -0.1) is 0 Å². The Bertz CT molecular complexity index is 1300. The molecule has 0 fully saturated rings. The van der Waals surface area contributed by atoms with Gasteiger partial charge in [0.05, 0.1) is 30.5 Å². The van der Waals surface area contributed by atoms with Gasteiger partial charge in [0.2, 0.25) is 11.7 Å². The monoisotopic (exact) mass is 431 g/mol. The second kappa shape index (κ2) is 8.46. The van der Waals surface area contributed by atoms with Gasteiger partial charge in [0.15, 0.2) is 5.78 Å². The summed E-state index contributed by atoms with van der Waals surface area (Å²) in [5, 5.41) is 2.80. The van der Waals surface area contributed by atoms with E-state index in [9.17, 15) is 14.4 Å². The molecule has 0 unspecified atom stereocenters. The second-order valence-electron chi connectivity index (χ2n) is 7.28. The summed E-state index contributed by atoms with van der Waals surface area (Å²) >= 11 is 0. The number of ether oxygens (including phenoxy) is 1. The maximum atomic E-state index is 12.6. The van der Waals surface area contributed by atoms with Crippen LogP contribution in [0.4, 0.5) is 5.69 Å². The highest BCUT2D eigenvalue weighted by Crippen LogP contribution is 2.23. The molecule has 4 aromatic rings. The number of benzene rings is 1. The van der Waals surface area contributed by atoms with E-state index in [4.69, 9.17) is 4.74 Å². The lowest BCUT2D eigenvalue weighted by atomic mass is 10.1. The van der Waals surface area contributed by atoms with Crippen molar-refractivity contribution in [3.8, 4) is 11.3 Å². The molecule has 0 aliphatic carbocycles. The van der Waals surface area contributed by atoms with Crippen molar-refractivity contribution in [1.82, 2.24) is 19.4 Å². The van der Waals surface area contributed by atoms with Crippen LogP contribution in [-0.2, 0) is 16.0 Å². The Balaban J connectivity index is 1.50. The van der Waals surface area contributed by atoms with Crippen molar-refractivity contribution in [2.24, 2.45) is 0 Å². The number of anilines is 1. The molecule has 0 radical (unpaired) electrons. The summed E-state index contributed by atoms with van der Waals surface area (Å²) in [5.41, 5.74) is 3.55. The zero-order valence-electron chi connectivity index (χ0n) is 17.8. The van der Waals surface area contributed by atoms with Crippen molar-refractivity contribution in [3.63, 3.8) is 0 Å². The lowest BCUT2D eigenvalue weighted by Crippen LogP contribution is -2.17. The molecule has 0 bridgehead atoms. The number of aromatic amines is 1. The summed E-state index contributed by atoms with van der Waals surface area (Å²) in [7, 11) is 1.26. The third-order valence-corrected chi connectivity index (χ3v) is 5.11. The molecule has 0 saturated heterocycles. The Kier molecular flexibility index (Phi) is 5.55. The van der Waals surface area contributed by atoms with E-state index in [0.29, 0.717) is 28.4 Å². The molecule has 1 aromatic carbocycles. The average Bonchev–Trinajstić information content (AvgIpc) is 3.35. The third-order valence-electron chi connectivity index (χ3n) is 5.11. The fourth-order valence-corrected chi connectivity index (χ4v) is 3.58. The van der Waals surface area contributed by atoms with Crippen LogP contribution in [0.3, 0.4) is 0 Å². The van der Waals surface area contributed by atoms with Crippen LogP contribution in [0.25, 0.3) is 17.0 Å². The number of methoxy groups -OCH3 is 1. The molecule has 0 atom stereocenters. The van der Waals surface area contributed by atoms with Crippen molar-refractivity contribution in [2.45, 2.75) is 20.3 Å². The van der Waals surface area contributed by atoms with Crippen molar-refractivity contribution in [2.75, 3.05) is 12.4 Å². The molecule has 0 saturated carbocycles. The number of aromatic nitrogens is 4. The number of esters is 1. The quantitative estimate of drug-likeness (QED) is 0.357. The molecule has 162 valence electrons. The van der Waals surface area contributed by atoms with Crippen LogP contribution >= 0.6 is 0 Å². The Morgan fingerprint density at radius 1 is 1.19 bits per heavy atom. The van der Waals surface area contributed by atoms with Crippen LogP contribution in [0.5, 0.6) is 0 Å². The second-order valence-corrected chi connectivity index (χ2v) is 7.28. The van der Waals surface area contributed by atoms with Gasteiger partial charge >= 0.3 is 5.97 Å². The Morgan fingerprint density at radius 2 is 1.94 bits per heavy atom. The van der Waals surface area contributed by atoms with E-state index >= 15 is 0 Å². The number of carbonyl (C=O) groups is 3. The fourth-order valence-electron chi connectivity index (χ4n) is 3.58. The highest BCUT2D eigenvalue weighted by molar-refractivity contribution is 6.02. The molecular weight excluding hydrogens is 410 g/mol. The molecule has 9 nitrogen and oxygen atoms in total. The first kappa shape index (κ1) is 21.0. The predicted octanol–water partition coefficient (Wildman–Crippen LogP) is 3.20. The largest absolute Gasteiger partial charge is 0.465 e. The number of carbonyl (C=O) groups excluding carboxylic acids is 3. The van der Waals surface area contributed by atoms with E-state index < -0.39 is 5.97 Å². The van der Waals surface area contributed by atoms with Crippen molar-refractivity contribution < 1.29 is 19.1 Å². The van der Waals surface area contributed by atoms with Crippen molar-refractivity contribution in [1.29, 1.82) is 0 Å². The topological polar surface area (TPSA) is 118 Å². The van der Waals surface area contributed by atoms with Crippen LogP contribution in [0.15, 0.2) is 48.9 Å². The lowest BCUT2D eigenvalue weighted by molar-refractivity contribution is -0.115.